The lowest BCUT2D eigenvalue weighted by Gasteiger charge is -2.10. The van der Waals surface area contributed by atoms with Gasteiger partial charge >= 0.3 is 23.9 Å². The second kappa shape index (κ2) is 17.3. The number of carbonyl (C=O) groups is 4. The van der Waals surface area contributed by atoms with Crippen molar-refractivity contribution < 1.29 is 43.2 Å². The lowest BCUT2D eigenvalue weighted by molar-refractivity contribution is -0.132. The first kappa shape index (κ1) is 36.2. The first-order valence-electron chi connectivity index (χ1n) is 13.4. The molecular formula is C35H35ClO9. The van der Waals surface area contributed by atoms with Crippen molar-refractivity contribution in [1.82, 2.24) is 0 Å². The molecule has 0 unspecified atom stereocenters. The van der Waals surface area contributed by atoms with Gasteiger partial charge in [-0.25, -0.2) is 9.59 Å². The number of carbonyl (C=O) groups excluding carboxylic acids is 4. The van der Waals surface area contributed by atoms with Crippen LogP contribution in [0.25, 0.3) is 0 Å². The highest BCUT2D eigenvalue weighted by Crippen LogP contribution is 2.25. The quantitative estimate of drug-likeness (QED) is 0.122. The molecule has 0 saturated carbocycles. The number of aliphatic hydroxyl groups is 1. The Labute approximate surface area is 267 Å². The highest BCUT2D eigenvalue weighted by Gasteiger charge is 2.18. The predicted molar refractivity (Wildman–Crippen MR) is 170 cm³/mol. The molecule has 0 bridgehead atoms. The maximum atomic E-state index is 12.2. The van der Waals surface area contributed by atoms with E-state index in [1.54, 1.807) is 84.9 Å². The zero-order valence-electron chi connectivity index (χ0n) is 24.6. The molecule has 0 aliphatic heterocycles. The summed E-state index contributed by atoms with van der Waals surface area (Å²) < 4.78 is 20.7. The van der Waals surface area contributed by atoms with Crippen molar-refractivity contribution in [3.63, 3.8) is 0 Å². The fourth-order valence-electron chi connectivity index (χ4n) is 3.71. The number of alkyl halides is 1. The standard InChI is InChI=1S/C17H15ClO4.C17H16O5.CH4/c2*1-11-3-8-15(16(9-11)21-12(2)19)17(20)22-14-6-4-13(10-18)5-7-14;/h3-9H,10H2,1-2H3;3-9,18H,10H2,1-2H3;1H4. The van der Waals surface area contributed by atoms with Gasteiger partial charge in [0.25, 0.3) is 0 Å². The van der Waals surface area contributed by atoms with E-state index in [0.29, 0.717) is 17.4 Å². The number of aryl methyl sites for hydroxylation is 2. The minimum absolute atomic E-state index is 0. The van der Waals surface area contributed by atoms with Crippen LogP contribution in [0.5, 0.6) is 23.0 Å². The Morgan fingerprint density at radius 1 is 0.600 bits per heavy atom. The number of benzene rings is 4. The number of rotatable bonds is 8. The van der Waals surface area contributed by atoms with Crippen LogP contribution in [-0.4, -0.2) is 29.0 Å². The Bertz CT molecular complexity index is 1510. The molecule has 0 aromatic heterocycles. The van der Waals surface area contributed by atoms with Crippen LogP contribution in [-0.2, 0) is 22.1 Å². The maximum Gasteiger partial charge on any atom is 0.347 e. The van der Waals surface area contributed by atoms with E-state index >= 15 is 0 Å². The summed E-state index contributed by atoms with van der Waals surface area (Å²) in [5.74, 6) is -0.715. The highest BCUT2D eigenvalue weighted by molar-refractivity contribution is 6.17. The van der Waals surface area contributed by atoms with E-state index in [9.17, 15) is 19.2 Å². The zero-order valence-corrected chi connectivity index (χ0v) is 25.3. The van der Waals surface area contributed by atoms with E-state index in [2.05, 4.69) is 0 Å². The molecule has 1 N–H and O–H groups in total. The second-order valence-electron chi connectivity index (χ2n) is 9.55. The van der Waals surface area contributed by atoms with Gasteiger partial charge in [0.2, 0.25) is 0 Å². The van der Waals surface area contributed by atoms with Crippen molar-refractivity contribution in [1.29, 1.82) is 0 Å². The van der Waals surface area contributed by atoms with Crippen LogP contribution in [0.15, 0.2) is 84.9 Å². The van der Waals surface area contributed by atoms with Gasteiger partial charge in [-0.1, -0.05) is 43.8 Å². The van der Waals surface area contributed by atoms with Crippen molar-refractivity contribution in [3.8, 4) is 23.0 Å². The van der Waals surface area contributed by atoms with E-state index in [-0.39, 0.29) is 36.7 Å². The molecule has 4 rings (SSSR count). The molecule has 0 amide bonds. The first-order chi connectivity index (χ1) is 21.0. The molecule has 0 aliphatic rings. The lowest BCUT2D eigenvalue weighted by atomic mass is 10.1. The van der Waals surface area contributed by atoms with Gasteiger partial charge in [-0.3, -0.25) is 9.59 Å². The summed E-state index contributed by atoms with van der Waals surface area (Å²) in [6, 6.07) is 23.2. The molecule has 45 heavy (non-hydrogen) atoms. The number of ether oxygens (including phenoxy) is 4. The van der Waals surface area contributed by atoms with Crippen LogP contribution < -0.4 is 18.9 Å². The summed E-state index contributed by atoms with van der Waals surface area (Å²) >= 11 is 5.71. The van der Waals surface area contributed by atoms with Crippen LogP contribution >= 0.6 is 11.6 Å². The number of halogens is 1. The number of esters is 4. The zero-order chi connectivity index (χ0) is 32.2. The van der Waals surface area contributed by atoms with Gasteiger partial charge in [0, 0.05) is 19.7 Å². The molecule has 10 heteroatoms. The molecule has 0 fully saturated rings. The normalized spacial score (nSPS) is 9.91. The fourth-order valence-corrected chi connectivity index (χ4v) is 3.89. The molecule has 0 saturated heterocycles. The van der Waals surface area contributed by atoms with Crippen molar-refractivity contribution in [3.05, 3.63) is 118 Å². The third-order valence-corrected chi connectivity index (χ3v) is 6.13. The third-order valence-electron chi connectivity index (χ3n) is 5.83. The van der Waals surface area contributed by atoms with Crippen LogP contribution in [0, 0.1) is 13.8 Å². The van der Waals surface area contributed by atoms with Crippen LogP contribution in [0.1, 0.15) is 64.2 Å². The summed E-state index contributed by atoms with van der Waals surface area (Å²) in [4.78, 5) is 46.7. The molecule has 0 spiro atoms. The van der Waals surface area contributed by atoms with E-state index in [1.165, 1.54) is 13.8 Å². The van der Waals surface area contributed by atoms with Crippen molar-refractivity contribution in [2.24, 2.45) is 0 Å². The Hall–Kier alpha value is -4.99. The van der Waals surface area contributed by atoms with Gasteiger partial charge in [-0.05, 0) is 84.6 Å². The molecule has 236 valence electrons. The van der Waals surface area contributed by atoms with Crippen LogP contribution in [0.3, 0.4) is 0 Å². The average molecular weight is 635 g/mol. The van der Waals surface area contributed by atoms with E-state index in [4.69, 9.17) is 35.7 Å². The summed E-state index contributed by atoms with van der Waals surface area (Å²) in [6.45, 7) is 6.14. The Morgan fingerprint density at radius 3 is 1.31 bits per heavy atom. The van der Waals surface area contributed by atoms with Gasteiger partial charge < -0.3 is 24.1 Å². The van der Waals surface area contributed by atoms with Gasteiger partial charge in [0.15, 0.2) is 0 Å². The van der Waals surface area contributed by atoms with E-state index in [0.717, 1.165) is 22.3 Å². The second-order valence-corrected chi connectivity index (χ2v) is 9.81. The van der Waals surface area contributed by atoms with Gasteiger partial charge in [0.05, 0.1) is 6.61 Å². The Balaban J connectivity index is 0.000000307. The summed E-state index contributed by atoms with van der Waals surface area (Å²) in [6.07, 6.45) is 0. The molecule has 9 nitrogen and oxygen atoms in total. The molecule has 4 aromatic rings. The summed E-state index contributed by atoms with van der Waals surface area (Å²) in [7, 11) is 0. The maximum absolute atomic E-state index is 12.2. The molecule has 4 aromatic carbocycles. The lowest BCUT2D eigenvalue weighted by Crippen LogP contribution is -2.12. The van der Waals surface area contributed by atoms with E-state index < -0.39 is 23.9 Å². The molecule has 0 heterocycles. The fraction of sp³-hybridized carbons (Fsp3) is 0.200. The minimum atomic E-state index is -0.618. The number of hydrogen-bond donors (Lipinski definition) is 1. The average Bonchev–Trinajstić information content (AvgIpc) is 2.97. The van der Waals surface area contributed by atoms with Crippen LogP contribution in [0.2, 0.25) is 0 Å². The highest BCUT2D eigenvalue weighted by atomic mass is 35.5. The predicted octanol–water partition coefficient (Wildman–Crippen LogP) is 7.15. The number of aliphatic hydroxyl groups excluding tert-OH is 1. The molecule has 0 radical (unpaired) electrons. The van der Waals surface area contributed by atoms with Gasteiger partial charge in [-0.15, -0.1) is 11.6 Å². The summed E-state index contributed by atoms with van der Waals surface area (Å²) in [5, 5.41) is 8.98. The topological polar surface area (TPSA) is 125 Å². The minimum Gasteiger partial charge on any atom is -0.426 e. The Morgan fingerprint density at radius 2 is 0.978 bits per heavy atom. The summed E-state index contributed by atoms with van der Waals surface area (Å²) in [5.41, 5.74) is 3.75. The Kier molecular flexibility index (Phi) is 14.0. The monoisotopic (exact) mass is 634 g/mol. The van der Waals surface area contributed by atoms with Gasteiger partial charge in [-0.2, -0.15) is 0 Å². The van der Waals surface area contributed by atoms with Crippen LogP contribution in [0.4, 0.5) is 0 Å². The van der Waals surface area contributed by atoms with Crippen molar-refractivity contribution in [2.75, 3.05) is 0 Å². The first-order valence-corrected chi connectivity index (χ1v) is 13.9. The SMILES string of the molecule is C.CC(=O)Oc1cc(C)ccc1C(=O)Oc1ccc(CCl)cc1.CC(=O)Oc1cc(C)ccc1C(=O)Oc1ccc(CO)cc1. The molecule has 0 aliphatic carbocycles. The smallest absolute Gasteiger partial charge is 0.347 e. The molecule has 0 atom stereocenters. The third kappa shape index (κ3) is 11.2. The molecular weight excluding hydrogens is 600 g/mol. The van der Waals surface area contributed by atoms with Gasteiger partial charge in [0.1, 0.15) is 34.1 Å². The van der Waals surface area contributed by atoms with Crippen molar-refractivity contribution in [2.45, 2.75) is 47.6 Å². The van der Waals surface area contributed by atoms with E-state index in [1.807, 2.05) is 13.8 Å². The number of hydrogen-bond acceptors (Lipinski definition) is 9. The largest absolute Gasteiger partial charge is 0.426 e. The van der Waals surface area contributed by atoms with Crippen molar-refractivity contribution >= 4 is 35.5 Å².